The van der Waals surface area contributed by atoms with Crippen molar-refractivity contribution in [2.24, 2.45) is 0 Å². The third kappa shape index (κ3) is 11.4. The highest BCUT2D eigenvalue weighted by atomic mass is 16.5. The minimum absolute atomic E-state index is 0.126. The maximum atomic E-state index is 11.5. The number of rotatable bonds is 0. The van der Waals surface area contributed by atoms with Crippen LogP contribution in [0, 0.1) is 0 Å². The summed E-state index contributed by atoms with van der Waals surface area (Å²) in [6.07, 6.45) is 15.1. The average molecular weight is 310 g/mol. The van der Waals surface area contributed by atoms with Crippen molar-refractivity contribution in [3.63, 3.8) is 0 Å². The number of ether oxygens (including phenoxy) is 2. The van der Waals surface area contributed by atoms with Crippen LogP contribution < -0.4 is 0 Å². The Labute approximate surface area is 134 Å². The molecule has 0 spiro atoms. The number of allylic oxidation sites excluding steroid dienone is 2. The van der Waals surface area contributed by atoms with E-state index in [0.29, 0.717) is 38.9 Å². The van der Waals surface area contributed by atoms with E-state index in [0.717, 1.165) is 25.7 Å². The third-order valence-electron chi connectivity index (χ3n) is 3.76. The summed E-state index contributed by atoms with van der Waals surface area (Å²) in [6, 6.07) is 0. The number of carbonyl (C=O) groups excluding carboxylic acids is 2. The maximum Gasteiger partial charge on any atom is 0.306 e. The van der Waals surface area contributed by atoms with Crippen LogP contribution >= 0.6 is 0 Å². The molecule has 0 bridgehead atoms. The van der Waals surface area contributed by atoms with Gasteiger partial charge in [-0.15, -0.1) is 0 Å². The van der Waals surface area contributed by atoms with Gasteiger partial charge in [0, 0.05) is 12.8 Å². The monoisotopic (exact) mass is 310 g/mol. The molecule has 1 aliphatic heterocycles. The molecule has 0 fully saturated rings. The lowest BCUT2D eigenvalue weighted by Gasteiger charge is -2.06. The Morgan fingerprint density at radius 2 is 0.955 bits per heavy atom. The van der Waals surface area contributed by atoms with E-state index in [2.05, 4.69) is 0 Å². The highest BCUT2D eigenvalue weighted by Gasteiger charge is 2.03. The van der Waals surface area contributed by atoms with Gasteiger partial charge in [0.25, 0.3) is 0 Å². The molecule has 4 heteroatoms. The van der Waals surface area contributed by atoms with Gasteiger partial charge in [-0.3, -0.25) is 9.59 Å². The second-order valence-electron chi connectivity index (χ2n) is 5.82. The molecule has 0 aliphatic carbocycles. The Kier molecular flexibility index (Phi) is 11.4. The second-order valence-corrected chi connectivity index (χ2v) is 5.82. The SMILES string of the molecule is O=C1CC/C=C\CCC(=O)OCCCCCCCCCCO1. The Morgan fingerprint density at radius 3 is 1.36 bits per heavy atom. The largest absolute Gasteiger partial charge is 0.466 e. The zero-order valence-electron chi connectivity index (χ0n) is 13.7. The van der Waals surface area contributed by atoms with E-state index in [1.165, 1.54) is 25.7 Å². The van der Waals surface area contributed by atoms with E-state index in [-0.39, 0.29) is 11.9 Å². The van der Waals surface area contributed by atoms with Crippen molar-refractivity contribution in [2.75, 3.05) is 13.2 Å². The zero-order chi connectivity index (χ0) is 15.9. The molecule has 1 heterocycles. The summed E-state index contributed by atoms with van der Waals surface area (Å²) >= 11 is 0. The molecule has 0 aromatic rings. The molecular formula is C18H30O4. The molecule has 0 aromatic carbocycles. The topological polar surface area (TPSA) is 52.6 Å². The van der Waals surface area contributed by atoms with Crippen molar-refractivity contribution in [3.8, 4) is 0 Å². The fraction of sp³-hybridized carbons (Fsp3) is 0.778. The number of hydrogen-bond acceptors (Lipinski definition) is 4. The normalized spacial score (nSPS) is 23.1. The Morgan fingerprint density at radius 1 is 0.591 bits per heavy atom. The molecule has 1 aliphatic rings. The van der Waals surface area contributed by atoms with E-state index in [9.17, 15) is 9.59 Å². The Bertz CT molecular complexity index is 304. The van der Waals surface area contributed by atoms with E-state index in [1.54, 1.807) is 0 Å². The van der Waals surface area contributed by atoms with E-state index in [4.69, 9.17) is 9.47 Å². The van der Waals surface area contributed by atoms with E-state index >= 15 is 0 Å². The Balaban J connectivity index is 2.24. The van der Waals surface area contributed by atoms with Gasteiger partial charge in [0.15, 0.2) is 0 Å². The molecule has 0 saturated carbocycles. The third-order valence-corrected chi connectivity index (χ3v) is 3.76. The minimum atomic E-state index is -0.126. The summed E-state index contributed by atoms with van der Waals surface area (Å²) < 4.78 is 10.4. The van der Waals surface area contributed by atoms with E-state index < -0.39 is 0 Å². The average Bonchev–Trinajstić information content (AvgIpc) is 2.50. The van der Waals surface area contributed by atoms with Gasteiger partial charge in [-0.25, -0.2) is 0 Å². The molecule has 0 radical (unpaired) electrons. The summed E-state index contributed by atoms with van der Waals surface area (Å²) in [5, 5.41) is 0. The minimum Gasteiger partial charge on any atom is -0.466 e. The summed E-state index contributed by atoms with van der Waals surface area (Å²) in [4.78, 5) is 23.0. The van der Waals surface area contributed by atoms with Gasteiger partial charge in [0.2, 0.25) is 0 Å². The van der Waals surface area contributed by atoms with Gasteiger partial charge in [-0.1, -0.05) is 50.7 Å². The standard InChI is InChI=1S/C18H30O4/c19-17-13-9-5-6-10-14-18(20)22-16-12-8-4-2-1-3-7-11-15-21-17/h5-6H,1-4,7-16H2/b6-5-. The van der Waals surface area contributed by atoms with Crippen LogP contribution in [0.1, 0.15) is 77.0 Å². The van der Waals surface area contributed by atoms with Crippen molar-refractivity contribution in [1.29, 1.82) is 0 Å². The van der Waals surface area contributed by atoms with Gasteiger partial charge in [-0.2, -0.15) is 0 Å². The van der Waals surface area contributed by atoms with Gasteiger partial charge in [0.1, 0.15) is 0 Å². The number of hydrogen-bond donors (Lipinski definition) is 0. The van der Waals surface area contributed by atoms with Crippen LogP contribution in [-0.4, -0.2) is 25.2 Å². The molecule has 22 heavy (non-hydrogen) atoms. The first-order valence-electron chi connectivity index (χ1n) is 8.75. The lowest BCUT2D eigenvalue weighted by atomic mass is 10.1. The first-order chi connectivity index (χ1) is 10.8. The molecule has 126 valence electrons. The van der Waals surface area contributed by atoms with Crippen molar-refractivity contribution in [3.05, 3.63) is 12.2 Å². The summed E-state index contributed by atoms with van der Waals surface area (Å²) in [5.74, 6) is -0.253. The Hall–Kier alpha value is -1.32. The van der Waals surface area contributed by atoms with Gasteiger partial charge in [-0.05, 0) is 25.7 Å². The molecule has 0 aromatic heterocycles. The van der Waals surface area contributed by atoms with Gasteiger partial charge in [0.05, 0.1) is 13.2 Å². The molecule has 0 N–H and O–H groups in total. The predicted molar refractivity (Wildman–Crippen MR) is 86.5 cm³/mol. The van der Waals surface area contributed by atoms with Gasteiger partial charge < -0.3 is 9.47 Å². The second kappa shape index (κ2) is 13.4. The zero-order valence-corrected chi connectivity index (χ0v) is 13.7. The highest BCUT2D eigenvalue weighted by Crippen LogP contribution is 2.09. The number of carbonyl (C=O) groups is 2. The molecule has 0 amide bonds. The quantitative estimate of drug-likeness (QED) is 0.494. The van der Waals surface area contributed by atoms with Crippen LogP contribution in [-0.2, 0) is 19.1 Å². The van der Waals surface area contributed by atoms with Crippen molar-refractivity contribution < 1.29 is 19.1 Å². The van der Waals surface area contributed by atoms with Crippen LogP contribution in [0.5, 0.6) is 0 Å². The van der Waals surface area contributed by atoms with Crippen molar-refractivity contribution in [1.82, 2.24) is 0 Å². The fourth-order valence-electron chi connectivity index (χ4n) is 2.42. The van der Waals surface area contributed by atoms with Crippen molar-refractivity contribution in [2.45, 2.75) is 77.0 Å². The first kappa shape index (κ1) is 18.7. The molecule has 0 unspecified atom stereocenters. The van der Waals surface area contributed by atoms with Crippen LogP contribution in [0.15, 0.2) is 12.2 Å². The van der Waals surface area contributed by atoms with Crippen LogP contribution in [0.25, 0.3) is 0 Å². The predicted octanol–water partition coefficient (Wildman–Crippen LogP) is 4.32. The van der Waals surface area contributed by atoms with Gasteiger partial charge >= 0.3 is 11.9 Å². The lowest BCUT2D eigenvalue weighted by Crippen LogP contribution is -2.05. The summed E-state index contributed by atoms with van der Waals surface area (Å²) in [5.41, 5.74) is 0. The first-order valence-corrected chi connectivity index (χ1v) is 8.75. The smallest absolute Gasteiger partial charge is 0.306 e. The molecule has 0 saturated heterocycles. The van der Waals surface area contributed by atoms with E-state index in [1.807, 2.05) is 12.2 Å². The molecule has 0 atom stereocenters. The van der Waals surface area contributed by atoms with Crippen LogP contribution in [0.3, 0.4) is 0 Å². The lowest BCUT2D eigenvalue weighted by molar-refractivity contribution is -0.144. The molecular weight excluding hydrogens is 280 g/mol. The summed E-state index contributed by atoms with van der Waals surface area (Å²) in [7, 11) is 0. The van der Waals surface area contributed by atoms with Crippen LogP contribution in [0.4, 0.5) is 0 Å². The van der Waals surface area contributed by atoms with Crippen LogP contribution in [0.2, 0.25) is 0 Å². The summed E-state index contributed by atoms with van der Waals surface area (Å²) in [6.45, 7) is 1.10. The number of cyclic esters (lactones) is 2. The maximum absolute atomic E-state index is 11.5. The fourth-order valence-corrected chi connectivity index (χ4v) is 2.42. The van der Waals surface area contributed by atoms with Crippen molar-refractivity contribution >= 4 is 11.9 Å². The molecule has 1 rings (SSSR count). The molecule has 4 nitrogen and oxygen atoms in total. The highest BCUT2D eigenvalue weighted by molar-refractivity contribution is 5.70. The number of esters is 2.